The van der Waals surface area contributed by atoms with Crippen molar-refractivity contribution in [3.63, 3.8) is 0 Å². The second-order valence-electron chi connectivity index (χ2n) is 3.77. The number of benzene rings is 2. The number of fused-ring (bicyclic) bond motifs is 1. The first-order chi connectivity index (χ1) is 9.27. The summed E-state index contributed by atoms with van der Waals surface area (Å²) in [5.74, 6) is -2.76. The summed E-state index contributed by atoms with van der Waals surface area (Å²) >= 11 is 23.7. The molecule has 0 spiro atoms. The summed E-state index contributed by atoms with van der Waals surface area (Å²) in [6, 6.07) is 2.48. The van der Waals surface area contributed by atoms with Gasteiger partial charge in [0, 0.05) is 10.8 Å². The maximum absolute atomic E-state index is 11.4. The number of carboxylic acids is 2. The average Bonchev–Trinajstić information content (AvgIpc) is 2.35. The van der Waals surface area contributed by atoms with Crippen molar-refractivity contribution < 1.29 is 19.8 Å². The molecule has 20 heavy (non-hydrogen) atoms. The molecule has 0 saturated heterocycles. The number of hydrogen-bond acceptors (Lipinski definition) is 2. The van der Waals surface area contributed by atoms with Crippen LogP contribution in [-0.4, -0.2) is 22.2 Å². The summed E-state index contributed by atoms with van der Waals surface area (Å²) in [5.41, 5.74) is -0.724. The zero-order valence-corrected chi connectivity index (χ0v) is 12.4. The Kier molecular flexibility index (Phi) is 4.02. The van der Waals surface area contributed by atoms with Gasteiger partial charge in [-0.05, 0) is 12.1 Å². The van der Waals surface area contributed by atoms with Gasteiger partial charge in [0.15, 0.2) is 0 Å². The Morgan fingerprint density at radius 3 is 1.90 bits per heavy atom. The first-order valence-electron chi connectivity index (χ1n) is 5.02. The van der Waals surface area contributed by atoms with Crippen LogP contribution >= 0.6 is 46.4 Å². The van der Waals surface area contributed by atoms with Crippen LogP contribution in [0.2, 0.25) is 20.1 Å². The summed E-state index contributed by atoms with van der Waals surface area (Å²) in [6.07, 6.45) is 0. The van der Waals surface area contributed by atoms with Crippen LogP contribution in [-0.2, 0) is 0 Å². The Hall–Kier alpha value is -1.20. The molecule has 0 bridgehead atoms. The summed E-state index contributed by atoms with van der Waals surface area (Å²) in [4.78, 5) is 22.6. The van der Waals surface area contributed by atoms with Crippen molar-refractivity contribution >= 4 is 69.1 Å². The second kappa shape index (κ2) is 5.30. The molecule has 0 radical (unpaired) electrons. The third-order valence-electron chi connectivity index (χ3n) is 2.67. The van der Waals surface area contributed by atoms with E-state index in [9.17, 15) is 19.8 Å². The third-order valence-corrected chi connectivity index (χ3v) is 4.32. The predicted molar refractivity (Wildman–Crippen MR) is 77.9 cm³/mol. The number of carboxylic acid groups (broad SMARTS) is 2. The summed E-state index contributed by atoms with van der Waals surface area (Å²) in [7, 11) is 0. The van der Waals surface area contributed by atoms with E-state index in [0.717, 1.165) is 0 Å². The number of hydrogen-bond donors (Lipinski definition) is 2. The highest BCUT2D eigenvalue weighted by Gasteiger charge is 2.26. The minimum atomic E-state index is -1.43. The Balaban J connectivity index is 3.21. The number of halogens is 4. The molecule has 0 atom stereocenters. The van der Waals surface area contributed by atoms with E-state index < -0.39 is 17.5 Å². The summed E-state index contributed by atoms with van der Waals surface area (Å²) < 4.78 is 0. The fraction of sp³-hybridized carbons (Fsp3) is 0. The number of aromatic carboxylic acids is 2. The molecule has 2 N–H and O–H groups in total. The van der Waals surface area contributed by atoms with Gasteiger partial charge < -0.3 is 10.2 Å². The Labute approximate surface area is 132 Å². The van der Waals surface area contributed by atoms with Crippen molar-refractivity contribution in [3.05, 3.63) is 43.4 Å². The zero-order chi connectivity index (χ0) is 15.2. The first-order valence-corrected chi connectivity index (χ1v) is 6.53. The fourth-order valence-electron chi connectivity index (χ4n) is 1.86. The minimum Gasteiger partial charge on any atom is -0.478 e. The van der Waals surface area contributed by atoms with Gasteiger partial charge in [-0.3, -0.25) is 0 Å². The zero-order valence-electron chi connectivity index (χ0n) is 9.38. The maximum Gasteiger partial charge on any atom is 0.337 e. The van der Waals surface area contributed by atoms with Gasteiger partial charge in [-0.2, -0.15) is 0 Å². The highest BCUT2D eigenvalue weighted by atomic mass is 35.5. The van der Waals surface area contributed by atoms with Crippen LogP contribution in [0.3, 0.4) is 0 Å². The molecular formula is C12H4Cl4O4. The van der Waals surface area contributed by atoms with E-state index in [2.05, 4.69) is 0 Å². The van der Waals surface area contributed by atoms with Gasteiger partial charge in [-0.15, -0.1) is 0 Å². The lowest BCUT2D eigenvalue weighted by molar-refractivity contribution is 0.0695. The van der Waals surface area contributed by atoms with Gasteiger partial charge >= 0.3 is 11.9 Å². The molecule has 2 aromatic rings. The standard InChI is InChI=1S/C12H4Cl4O4/c13-4-2-1-3(11(17)18)5-6(4)8(14)10(16)9(15)7(5)12(19)20/h1-2H,(H,17,18)(H,19,20). The molecule has 2 aromatic carbocycles. The van der Waals surface area contributed by atoms with Crippen molar-refractivity contribution in [1.82, 2.24) is 0 Å². The molecule has 0 aromatic heterocycles. The smallest absolute Gasteiger partial charge is 0.337 e. The molecule has 8 heteroatoms. The number of carbonyl (C=O) groups is 2. The van der Waals surface area contributed by atoms with E-state index in [1.165, 1.54) is 12.1 Å². The van der Waals surface area contributed by atoms with E-state index in [1.807, 2.05) is 0 Å². The largest absolute Gasteiger partial charge is 0.478 e. The number of rotatable bonds is 2. The van der Waals surface area contributed by atoms with Crippen LogP contribution < -0.4 is 0 Å². The van der Waals surface area contributed by atoms with Crippen molar-refractivity contribution in [3.8, 4) is 0 Å². The summed E-state index contributed by atoms with van der Waals surface area (Å²) in [5, 5.41) is 17.8. The van der Waals surface area contributed by atoms with E-state index in [4.69, 9.17) is 46.4 Å². The molecule has 0 heterocycles. The normalized spacial score (nSPS) is 10.8. The van der Waals surface area contributed by atoms with Gasteiger partial charge in [0.25, 0.3) is 0 Å². The molecule has 0 aliphatic heterocycles. The molecule has 0 saturated carbocycles. The van der Waals surface area contributed by atoms with Crippen molar-refractivity contribution in [2.45, 2.75) is 0 Å². The van der Waals surface area contributed by atoms with Crippen molar-refractivity contribution in [2.75, 3.05) is 0 Å². The van der Waals surface area contributed by atoms with Gasteiger partial charge in [-0.25, -0.2) is 9.59 Å². The van der Waals surface area contributed by atoms with E-state index in [1.54, 1.807) is 0 Å². The molecule has 0 aliphatic carbocycles. The topological polar surface area (TPSA) is 74.6 Å². The molecule has 0 unspecified atom stereocenters. The second-order valence-corrected chi connectivity index (χ2v) is 5.31. The van der Waals surface area contributed by atoms with Crippen LogP contribution in [0.25, 0.3) is 10.8 Å². The lowest BCUT2D eigenvalue weighted by Gasteiger charge is -2.13. The molecule has 0 fully saturated rings. The lowest BCUT2D eigenvalue weighted by Crippen LogP contribution is -2.06. The van der Waals surface area contributed by atoms with Crippen LogP contribution in [0.5, 0.6) is 0 Å². The van der Waals surface area contributed by atoms with E-state index >= 15 is 0 Å². The fourth-order valence-corrected chi connectivity index (χ4v) is 2.95. The molecule has 4 nitrogen and oxygen atoms in total. The van der Waals surface area contributed by atoms with Crippen LogP contribution in [0, 0.1) is 0 Å². The van der Waals surface area contributed by atoms with Gasteiger partial charge in [0.05, 0.1) is 31.2 Å². The molecule has 0 amide bonds. The molecule has 2 rings (SSSR count). The van der Waals surface area contributed by atoms with E-state index in [-0.39, 0.29) is 36.4 Å². The van der Waals surface area contributed by atoms with Crippen molar-refractivity contribution in [1.29, 1.82) is 0 Å². The van der Waals surface area contributed by atoms with Crippen LogP contribution in [0.15, 0.2) is 12.1 Å². The van der Waals surface area contributed by atoms with Crippen molar-refractivity contribution in [2.24, 2.45) is 0 Å². The Bertz CT molecular complexity index is 770. The highest BCUT2D eigenvalue weighted by Crippen LogP contribution is 2.44. The minimum absolute atomic E-state index is 0.0417. The van der Waals surface area contributed by atoms with Crippen LogP contribution in [0.4, 0.5) is 0 Å². The van der Waals surface area contributed by atoms with Gasteiger partial charge in [0.2, 0.25) is 0 Å². The quantitative estimate of drug-likeness (QED) is 0.757. The highest BCUT2D eigenvalue weighted by molar-refractivity contribution is 6.54. The molecular weight excluding hydrogens is 350 g/mol. The first kappa shape index (κ1) is 15.2. The van der Waals surface area contributed by atoms with Gasteiger partial charge in [0.1, 0.15) is 0 Å². The van der Waals surface area contributed by atoms with E-state index in [0.29, 0.717) is 0 Å². The Morgan fingerprint density at radius 1 is 0.800 bits per heavy atom. The maximum atomic E-state index is 11.4. The Morgan fingerprint density at radius 2 is 1.40 bits per heavy atom. The summed E-state index contributed by atoms with van der Waals surface area (Å²) in [6.45, 7) is 0. The monoisotopic (exact) mass is 352 g/mol. The predicted octanol–water partition coefficient (Wildman–Crippen LogP) is 4.85. The van der Waals surface area contributed by atoms with Gasteiger partial charge in [-0.1, -0.05) is 46.4 Å². The lowest BCUT2D eigenvalue weighted by atomic mass is 9.98. The third kappa shape index (κ3) is 2.19. The molecule has 0 aliphatic rings. The average molecular weight is 354 g/mol. The SMILES string of the molecule is O=C(O)c1ccc(Cl)c2c(Cl)c(Cl)c(Cl)c(C(=O)O)c12. The van der Waals surface area contributed by atoms with Crippen LogP contribution in [0.1, 0.15) is 20.7 Å². The molecule has 104 valence electrons.